The third kappa shape index (κ3) is 5.45. The third-order valence-corrected chi connectivity index (χ3v) is 3.59. The molecule has 0 fully saturated rings. The molecule has 0 aromatic heterocycles. The molecule has 1 atom stereocenters. The van der Waals surface area contributed by atoms with Crippen molar-refractivity contribution in [1.82, 2.24) is 0 Å². The molecule has 100 valence electrons. The molecule has 0 aliphatic rings. The second-order valence-electron chi connectivity index (χ2n) is 4.19. The lowest BCUT2D eigenvalue weighted by atomic mass is 9.94. The Morgan fingerprint density at radius 1 is 1.17 bits per heavy atom. The van der Waals surface area contributed by atoms with Gasteiger partial charge in [0.15, 0.2) is 0 Å². The van der Waals surface area contributed by atoms with Gasteiger partial charge in [0.2, 0.25) is 0 Å². The van der Waals surface area contributed by atoms with E-state index in [1.54, 1.807) is 24.3 Å². The van der Waals surface area contributed by atoms with E-state index in [0.717, 1.165) is 5.56 Å². The van der Waals surface area contributed by atoms with E-state index in [-0.39, 0.29) is 6.16 Å². The molecule has 0 spiro atoms. The first-order valence-corrected chi connectivity index (χ1v) is 7.52. The zero-order chi connectivity index (χ0) is 13.6. The molecule has 0 saturated carbocycles. The van der Waals surface area contributed by atoms with E-state index in [1.165, 1.54) is 0 Å². The molecule has 1 aromatic rings. The molecular formula is C12H17O5P. The van der Waals surface area contributed by atoms with Crippen molar-refractivity contribution in [3.05, 3.63) is 35.9 Å². The van der Waals surface area contributed by atoms with Crippen LogP contribution in [0.15, 0.2) is 30.3 Å². The summed E-state index contributed by atoms with van der Waals surface area (Å²) in [7, 11) is -3.97. The van der Waals surface area contributed by atoms with E-state index < -0.39 is 19.5 Å². The van der Waals surface area contributed by atoms with E-state index in [9.17, 15) is 9.36 Å². The van der Waals surface area contributed by atoms with Gasteiger partial charge in [-0.2, -0.15) is 0 Å². The Balaban J connectivity index is 2.51. The van der Waals surface area contributed by atoms with Crippen LogP contribution < -0.4 is 0 Å². The van der Waals surface area contributed by atoms with Crippen LogP contribution in [0.2, 0.25) is 0 Å². The highest BCUT2D eigenvalue weighted by molar-refractivity contribution is 7.51. The summed E-state index contributed by atoms with van der Waals surface area (Å²) >= 11 is 0. The van der Waals surface area contributed by atoms with E-state index in [4.69, 9.17) is 14.9 Å². The molecule has 5 nitrogen and oxygen atoms in total. The summed E-state index contributed by atoms with van der Waals surface area (Å²) in [5.74, 6) is -1.51. The van der Waals surface area contributed by atoms with Crippen LogP contribution >= 0.6 is 7.60 Å². The summed E-state index contributed by atoms with van der Waals surface area (Å²) in [6.45, 7) is 0. The molecule has 0 aliphatic carbocycles. The van der Waals surface area contributed by atoms with Gasteiger partial charge in [-0.1, -0.05) is 36.8 Å². The molecule has 0 aliphatic heterocycles. The van der Waals surface area contributed by atoms with Gasteiger partial charge in [0.1, 0.15) is 0 Å². The summed E-state index contributed by atoms with van der Waals surface area (Å²) in [4.78, 5) is 28.5. The molecule has 0 amide bonds. The molecule has 6 heteroatoms. The summed E-state index contributed by atoms with van der Waals surface area (Å²) in [6.07, 6.45) is 1.02. The van der Waals surface area contributed by atoms with Crippen LogP contribution in [0.25, 0.3) is 0 Å². The van der Waals surface area contributed by atoms with Gasteiger partial charge in [0.05, 0.1) is 5.92 Å². The molecule has 1 unspecified atom stereocenters. The summed E-state index contributed by atoms with van der Waals surface area (Å²) in [5.41, 5.74) is 0.723. The molecular weight excluding hydrogens is 255 g/mol. The average Bonchev–Trinajstić information content (AvgIpc) is 2.28. The van der Waals surface area contributed by atoms with Gasteiger partial charge >= 0.3 is 13.6 Å². The number of rotatable bonds is 7. The number of aliphatic carboxylic acids is 1. The maximum atomic E-state index is 11.1. The van der Waals surface area contributed by atoms with Crippen LogP contribution in [0.3, 0.4) is 0 Å². The van der Waals surface area contributed by atoms with Crippen LogP contribution in [0, 0.1) is 0 Å². The van der Waals surface area contributed by atoms with Crippen molar-refractivity contribution in [3.63, 3.8) is 0 Å². The normalized spacial score (nSPS) is 13.2. The first-order chi connectivity index (χ1) is 8.40. The Hall–Kier alpha value is -1.16. The molecule has 3 N–H and O–H groups in total. The lowest BCUT2D eigenvalue weighted by Crippen LogP contribution is -2.11. The van der Waals surface area contributed by atoms with E-state index in [1.807, 2.05) is 6.07 Å². The molecule has 18 heavy (non-hydrogen) atoms. The third-order valence-electron chi connectivity index (χ3n) is 2.69. The smallest absolute Gasteiger partial charge is 0.325 e. The number of unbranched alkanes of at least 4 members (excludes halogenated alkanes) is 1. The van der Waals surface area contributed by atoms with Crippen molar-refractivity contribution in [1.29, 1.82) is 0 Å². The monoisotopic (exact) mass is 272 g/mol. The second kappa shape index (κ2) is 6.69. The van der Waals surface area contributed by atoms with Crippen LogP contribution in [0.4, 0.5) is 0 Å². The molecule has 1 aromatic carbocycles. The van der Waals surface area contributed by atoms with Gasteiger partial charge in [0.25, 0.3) is 0 Å². The summed E-state index contributed by atoms with van der Waals surface area (Å²) in [5, 5.41) is 9.13. The second-order valence-corrected chi connectivity index (χ2v) is 5.96. The fraction of sp³-hybridized carbons (Fsp3) is 0.417. The Morgan fingerprint density at radius 2 is 1.78 bits per heavy atom. The first-order valence-electron chi connectivity index (χ1n) is 5.72. The highest BCUT2D eigenvalue weighted by atomic mass is 31.2. The maximum absolute atomic E-state index is 11.1. The van der Waals surface area contributed by atoms with Crippen LogP contribution in [0.1, 0.15) is 30.7 Å². The fourth-order valence-corrected chi connectivity index (χ4v) is 2.42. The predicted molar refractivity (Wildman–Crippen MR) is 67.6 cm³/mol. The van der Waals surface area contributed by atoms with Gasteiger partial charge in [0, 0.05) is 6.16 Å². The van der Waals surface area contributed by atoms with E-state index in [2.05, 4.69) is 0 Å². The Bertz CT molecular complexity index is 425. The zero-order valence-electron chi connectivity index (χ0n) is 9.90. The highest BCUT2D eigenvalue weighted by Crippen LogP contribution is 2.36. The maximum Gasteiger partial charge on any atom is 0.325 e. The molecule has 1 rings (SSSR count). The lowest BCUT2D eigenvalue weighted by Gasteiger charge is -2.12. The predicted octanol–water partition coefficient (Wildman–Crippen LogP) is 2.20. The Kier molecular flexibility index (Phi) is 5.54. The number of carboxylic acid groups (broad SMARTS) is 1. The van der Waals surface area contributed by atoms with Gasteiger partial charge in [-0.15, -0.1) is 0 Å². The molecule has 0 heterocycles. The van der Waals surface area contributed by atoms with E-state index >= 15 is 0 Å². The quantitative estimate of drug-likeness (QED) is 0.522. The summed E-state index contributed by atoms with van der Waals surface area (Å²) < 4.78 is 10.7. The Labute approximate surface area is 106 Å². The van der Waals surface area contributed by atoms with Crippen molar-refractivity contribution in [2.45, 2.75) is 25.2 Å². The number of hydrogen-bond donors (Lipinski definition) is 3. The van der Waals surface area contributed by atoms with Crippen molar-refractivity contribution in [2.75, 3.05) is 6.16 Å². The largest absolute Gasteiger partial charge is 0.481 e. The van der Waals surface area contributed by atoms with Crippen molar-refractivity contribution in [2.24, 2.45) is 0 Å². The van der Waals surface area contributed by atoms with Gasteiger partial charge in [-0.25, -0.2) is 0 Å². The van der Waals surface area contributed by atoms with Crippen molar-refractivity contribution < 1.29 is 24.3 Å². The van der Waals surface area contributed by atoms with Gasteiger partial charge in [-0.05, 0) is 18.4 Å². The topological polar surface area (TPSA) is 94.8 Å². The number of hydrogen-bond acceptors (Lipinski definition) is 2. The van der Waals surface area contributed by atoms with Crippen LogP contribution in [-0.4, -0.2) is 27.0 Å². The number of carbonyl (C=O) groups is 1. The van der Waals surface area contributed by atoms with E-state index in [0.29, 0.717) is 19.3 Å². The van der Waals surface area contributed by atoms with Crippen LogP contribution in [0.5, 0.6) is 0 Å². The average molecular weight is 272 g/mol. The van der Waals surface area contributed by atoms with Crippen molar-refractivity contribution >= 4 is 13.6 Å². The molecule has 0 radical (unpaired) electrons. The SMILES string of the molecule is O=C(O)C(CCCCP(=O)(O)O)c1ccccc1. The molecule has 0 bridgehead atoms. The molecule has 0 saturated heterocycles. The minimum absolute atomic E-state index is 0.186. The minimum Gasteiger partial charge on any atom is -0.481 e. The van der Waals surface area contributed by atoms with Crippen molar-refractivity contribution in [3.8, 4) is 0 Å². The number of benzene rings is 1. The fourth-order valence-electron chi connectivity index (χ4n) is 1.78. The Morgan fingerprint density at radius 3 is 2.28 bits per heavy atom. The lowest BCUT2D eigenvalue weighted by molar-refractivity contribution is -0.139. The summed E-state index contributed by atoms with van der Waals surface area (Å²) in [6, 6.07) is 8.88. The standard InChI is InChI=1S/C12H17O5P/c13-12(14)11(10-6-2-1-3-7-10)8-4-5-9-18(15,16)17/h1-3,6-7,11H,4-5,8-9H2,(H,13,14)(H2,15,16,17). The van der Waals surface area contributed by atoms with Gasteiger partial charge in [-0.3, -0.25) is 9.36 Å². The van der Waals surface area contributed by atoms with Crippen LogP contribution in [-0.2, 0) is 9.36 Å². The first kappa shape index (κ1) is 14.9. The minimum atomic E-state index is -3.97. The highest BCUT2D eigenvalue weighted by Gasteiger charge is 2.20. The zero-order valence-corrected chi connectivity index (χ0v) is 10.8. The van der Waals surface area contributed by atoms with Gasteiger partial charge < -0.3 is 14.9 Å². The number of carboxylic acids is 1.